The second kappa shape index (κ2) is 9.00. The monoisotopic (exact) mass is 426 g/mol. The zero-order chi connectivity index (χ0) is 22.8. The van der Waals surface area contributed by atoms with Gasteiger partial charge in [0.2, 0.25) is 0 Å². The van der Waals surface area contributed by atoms with Gasteiger partial charge in [0.15, 0.2) is 5.41 Å². The van der Waals surface area contributed by atoms with E-state index in [0.29, 0.717) is 25.2 Å². The first-order chi connectivity index (χ1) is 14.7. The van der Waals surface area contributed by atoms with Gasteiger partial charge in [-0.3, -0.25) is 9.59 Å². The molecule has 6 heteroatoms. The number of rotatable bonds is 7. The highest BCUT2D eigenvalue weighted by atomic mass is 16.5. The number of carboxylic acids is 1. The number of benzene rings is 2. The van der Waals surface area contributed by atoms with Crippen molar-refractivity contribution in [2.75, 3.05) is 6.61 Å². The molecular formula is C25H30O6. The molecule has 2 atom stereocenters. The summed E-state index contributed by atoms with van der Waals surface area (Å²) in [5.41, 5.74) is 3.13. The van der Waals surface area contributed by atoms with Crippen molar-refractivity contribution in [1.29, 1.82) is 0 Å². The fourth-order valence-corrected chi connectivity index (χ4v) is 4.08. The first-order valence-corrected chi connectivity index (χ1v) is 10.6. The number of fused-ring (bicyclic) bond motifs is 1. The summed E-state index contributed by atoms with van der Waals surface area (Å²) >= 11 is 0. The van der Waals surface area contributed by atoms with Gasteiger partial charge in [-0.2, -0.15) is 0 Å². The maximum Gasteiger partial charge on any atom is 0.327 e. The van der Waals surface area contributed by atoms with Crippen LogP contribution in [0.15, 0.2) is 30.3 Å². The Morgan fingerprint density at radius 3 is 2.42 bits per heavy atom. The molecular weight excluding hydrogens is 396 g/mol. The van der Waals surface area contributed by atoms with Crippen LogP contribution in [-0.4, -0.2) is 29.8 Å². The van der Waals surface area contributed by atoms with Gasteiger partial charge < -0.3 is 19.3 Å². The van der Waals surface area contributed by atoms with E-state index in [-0.39, 0.29) is 6.61 Å². The normalized spacial score (nSPS) is 17.1. The van der Waals surface area contributed by atoms with Crippen LogP contribution in [0.5, 0.6) is 11.5 Å². The Morgan fingerprint density at radius 2 is 1.81 bits per heavy atom. The number of aliphatic carboxylic acids is 1. The van der Waals surface area contributed by atoms with Crippen LogP contribution in [0.2, 0.25) is 0 Å². The first kappa shape index (κ1) is 22.7. The Balaban J connectivity index is 1.93. The first-order valence-electron chi connectivity index (χ1n) is 10.6. The quantitative estimate of drug-likeness (QED) is 0.517. The molecule has 2 aromatic rings. The molecule has 2 unspecified atom stereocenters. The summed E-state index contributed by atoms with van der Waals surface area (Å²) in [6.07, 6.45) is 0.178. The Morgan fingerprint density at radius 1 is 1.13 bits per heavy atom. The number of carbonyl (C=O) groups excluding carboxylic acids is 1. The van der Waals surface area contributed by atoms with Crippen LogP contribution in [-0.2, 0) is 27.4 Å². The Kier molecular flexibility index (Phi) is 6.58. The summed E-state index contributed by atoms with van der Waals surface area (Å²) in [5.74, 6) is -0.540. The van der Waals surface area contributed by atoms with Crippen molar-refractivity contribution in [1.82, 2.24) is 0 Å². The van der Waals surface area contributed by atoms with Gasteiger partial charge in [-0.1, -0.05) is 30.3 Å². The maximum atomic E-state index is 12.5. The topological polar surface area (TPSA) is 82.1 Å². The number of carboxylic acid groups (broad SMARTS) is 1. The third kappa shape index (κ3) is 4.11. The molecule has 6 nitrogen and oxygen atoms in total. The van der Waals surface area contributed by atoms with Crippen molar-refractivity contribution in [2.45, 2.75) is 60.2 Å². The van der Waals surface area contributed by atoms with Crippen molar-refractivity contribution in [3.8, 4) is 11.5 Å². The molecule has 0 bridgehead atoms. The third-order valence-electron chi connectivity index (χ3n) is 6.24. The number of hydrogen-bond acceptors (Lipinski definition) is 5. The number of esters is 1. The molecule has 0 aliphatic carbocycles. The van der Waals surface area contributed by atoms with Crippen molar-refractivity contribution in [3.05, 3.63) is 58.1 Å². The SMILES string of the molecule is CCOC(=O)C(C)(C(=O)O)C1CCc2c(C)c(OCc3ccccc3)c(C)c(C)c2O1. The zero-order valence-corrected chi connectivity index (χ0v) is 18.8. The molecule has 0 aromatic heterocycles. The molecule has 0 fully saturated rings. The van der Waals surface area contributed by atoms with Crippen LogP contribution in [0.4, 0.5) is 0 Å². The molecule has 0 amide bonds. The average molecular weight is 427 g/mol. The summed E-state index contributed by atoms with van der Waals surface area (Å²) in [7, 11) is 0. The summed E-state index contributed by atoms with van der Waals surface area (Å²) in [4.78, 5) is 24.5. The minimum atomic E-state index is -1.77. The smallest absolute Gasteiger partial charge is 0.327 e. The Hall–Kier alpha value is -3.02. The standard InChI is InChI=1S/C25H30O6/c1-6-29-24(28)25(5,23(26)27)20-13-12-19-17(4)21(15(2)16(3)22(19)31-20)30-14-18-10-8-7-9-11-18/h7-11,20H,6,12-14H2,1-5H3,(H,26,27). The zero-order valence-electron chi connectivity index (χ0n) is 18.8. The van der Waals surface area contributed by atoms with E-state index in [2.05, 4.69) is 0 Å². The molecule has 1 aliphatic heterocycles. The van der Waals surface area contributed by atoms with Crippen molar-refractivity contribution in [3.63, 3.8) is 0 Å². The molecule has 0 saturated heterocycles. The fourth-order valence-electron chi connectivity index (χ4n) is 4.08. The lowest BCUT2D eigenvalue weighted by molar-refractivity contribution is -0.175. The summed E-state index contributed by atoms with van der Waals surface area (Å²) in [6.45, 7) is 9.53. The highest BCUT2D eigenvalue weighted by Gasteiger charge is 2.52. The fraction of sp³-hybridized carbons (Fsp3) is 0.440. The van der Waals surface area contributed by atoms with E-state index in [9.17, 15) is 14.7 Å². The predicted molar refractivity (Wildman–Crippen MR) is 117 cm³/mol. The van der Waals surface area contributed by atoms with Crippen LogP contribution >= 0.6 is 0 Å². The highest BCUT2D eigenvalue weighted by molar-refractivity contribution is 5.99. The minimum absolute atomic E-state index is 0.115. The average Bonchev–Trinajstić information content (AvgIpc) is 2.77. The van der Waals surface area contributed by atoms with E-state index < -0.39 is 23.5 Å². The largest absolute Gasteiger partial charge is 0.488 e. The van der Waals surface area contributed by atoms with E-state index in [4.69, 9.17) is 14.2 Å². The maximum absolute atomic E-state index is 12.5. The number of ether oxygens (including phenoxy) is 3. The van der Waals surface area contributed by atoms with Crippen molar-refractivity contribution >= 4 is 11.9 Å². The lowest BCUT2D eigenvalue weighted by atomic mass is 9.79. The molecule has 1 N–H and O–H groups in total. The van der Waals surface area contributed by atoms with Crippen LogP contribution < -0.4 is 9.47 Å². The van der Waals surface area contributed by atoms with E-state index in [1.165, 1.54) is 6.92 Å². The number of hydrogen-bond donors (Lipinski definition) is 1. The van der Waals surface area contributed by atoms with E-state index in [1.807, 2.05) is 51.1 Å². The lowest BCUT2D eigenvalue weighted by Crippen LogP contribution is -2.51. The molecule has 166 valence electrons. The van der Waals surface area contributed by atoms with Crippen LogP contribution in [0.3, 0.4) is 0 Å². The van der Waals surface area contributed by atoms with E-state index >= 15 is 0 Å². The summed E-state index contributed by atoms with van der Waals surface area (Å²) in [6, 6.07) is 9.97. The van der Waals surface area contributed by atoms with Crippen LogP contribution in [0.25, 0.3) is 0 Å². The molecule has 3 rings (SSSR count). The van der Waals surface area contributed by atoms with Crippen LogP contribution in [0, 0.1) is 26.2 Å². The minimum Gasteiger partial charge on any atom is -0.488 e. The van der Waals surface area contributed by atoms with Crippen molar-refractivity contribution < 1.29 is 28.9 Å². The molecule has 0 spiro atoms. The van der Waals surface area contributed by atoms with E-state index in [1.54, 1.807) is 6.92 Å². The third-order valence-corrected chi connectivity index (χ3v) is 6.24. The lowest BCUT2D eigenvalue weighted by Gasteiger charge is -2.37. The highest BCUT2D eigenvalue weighted by Crippen LogP contribution is 2.44. The van der Waals surface area contributed by atoms with Gasteiger partial charge in [-0.15, -0.1) is 0 Å². The molecule has 31 heavy (non-hydrogen) atoms. The van der Waals surface area contributed by atoms with Gasteiger partial charge >= 0.3 is 11.9 Å². The van der Waals surface area contributed by atoms with Crippen molar-refractivity contribution in [2.24, 2.45) is 5.41 Å². The predicted octanol–water partition coefficient (Wildman–Crippen LogP) is 4.54. The Labute approximate surface area is 183 Å². The van der Waals surface area contributed by atoms with Gasteiger partial charge in [0.1, 0.15) is 24.2 Å². The Bertz CT molecular complexity index is 981. The van der Waals surface area contributed by atoms with Gasteiger partial charge in [-0.25, -0.2) is 0 Å². The molecule has 0 radical (unpaired) electrons. The molecule has 0 saturated carbocycles. The van der Waals surface area contributed by atoms with Gasteiger partial charge in [0, 0.05) is 5.56 Å². The van der Waals surface area contributed by atoms with Gasteiger partial charge in [0.25, 0.3) is 0 Å². The number of carbonyl (C=O) groups is 2. The van der Waals surface area contributed by atoms with E-state index in [0.717, 1.165) is 33.6 Å². The second-order valence-corrected chi connectivity index (χ2v) is 8.16. The second-order valence-electron chi connectivity index (χ2n) is 8.16. The van der Waals surface area contributed by atoms with Gasteiger partial charge in [-0.05, 0) is 69.7 Å². The molecule has 1 aliphatic rings. The molecule has 2 aromatic carbocycles. The van der Waals surface area contributed by atoms with Gasteiger partial charge in [0.05, 0.1) is 6.61 Å². The summed E-state index contributed by atoms with van der Waals surface area (Å²) < 4.78 is 17.4. The molecule has 1 heterocycles. The van der Waals surface area contributed by atoms with Crippen LogP contribution in [0.1, 0.15) is 48.1 Å². The summed E-state index contributed by atoms with van der Waals surface area (Å²) in [5, 5.41) is 9.83.